The largest absolute Gasteiger partial charge is 0.481 e. The van der Waals surface area contributed by atoms with Gasteiger partial charge in [0.1, 0.15) is 0 Å². The molecule has 2 rings (SSSR count). The minimum atomic E-state index is -0.842. The third-order valence-electron chi connectivity index (χ3n) is 4.30. The molecule has 0 aromatic heterocycles. The highest BCUT2D eigenvalue weighted by molar-refractivity contribution is 5.85. The predicted molar refractivity (Wildman–Crippen MR) is 69.6 cm³/mol. The zero-order valence-corrected chi connectivity index (χ0v) is 11.6. The summed E-state index contributed by atoms with van der Waals surface area (Å²) >= 11 is 0. The van der Waals surface area contributed by atoms with Gasteiger partial charge >= 0.3 is 5.97 Å². The Morgan fingerprint density at radius 2 is 1.84 bits per heavy atom. The lowest BCUT2D eigenvalue weighted by molar-refractivity contribution is -0.146. The molecule has 1 unspecified atom stereocenters. The minimum absolute atomic E-state index is 0.0864. The smallest absolute Gasteiger partial charge is 0.307 e. The molecule has 2 N–H and O–H groups in total. The molecule has 0 heterocycles. The molecule has 108 valence electrons. The van der Waals surface area contributed by atoms with Crippen molar-refractivity contribution in [1.29, 1.82) is 0 Å². The second-order valence-electron chi connectivity index (χ2n) is 5.88. The van der Waals surface area contributed by atoms with E-state index in [1.54, 1.807) is 0 Å². The molecule has 3 atom stereocenters. The van der Waals surface area contributed by atoms with Crippen LogP contribution in [0.5, 0.6) is 0 Å². The monoisotopic (exact) mass is 269 g/mol. The number of nitrogens with one attached hydrogen (secondary N) is 1. The van der Waals surface area contributed by atoms with E-state index in [1.807, 2.05) is 13.8 Å². The molecule has 0 aliphatic heterocycles. The lowest BCUT2D eigenvalue weighted by Gasteiger charge is -2.36. The molecule has 5 heteroatoms. The predicted octanol–water partition coefficient (Wildman–Crippen LogP) is 1.42. The van der Waals surface area contributed by atoms with Gasteiger partial charge < -0.3 is 15.2 Å². The fourth-order valence-corrected chi connectivity index (χ4v) is 3.22. The van der Waals surface area contributed by atoms with Gasteiger partial charge in [0.25, 0.3) is 0 Å². The highest BCUT2D eigenvalue weighted by atomic mass is 16.5. The minimum Gasteiger partial charge on any atom is -0.481 e. The van der Waals surface area contributed by atoms with Crippen LogP contribution in [0.3, 0.4) is 0 Å². The Balaban J connectivity index is 1.81. The van der Waals surface area contributed by atoms with Gasteiger partial charge in [0.05, 0.1) is 17.9 Å². The van der Waals surface area contributed by atoms with Crippen molar-refractivity contribution in [1.82, 2.24) is 5.32 Å². The first-order valence-corrected chi connectivity index (χ1v) is 7.16. The van der Waals surface area contributed by atoms with E-state index < -0.39 is 11.9 Å². The van der Waals surface area contributed by atoms with Crippen LogP contribution in [0, 0.1) is 17.8 Å². The van der Waals surface area contributed by atoms with Crippen molar-refractivity contribution in [2.75, 3.05) is 6.61 Å². The van der Waals surface area contributed by atoms with Crippen LogP contribution >= 0.6 is 0 Å². The molecule has 19 heavy (non-hydrogen) atoms. The van der Waals surface area contributed by atoms with Gasteiger partial charge in [-0.2, -0.15) is 0 Å². The zero-order chi connectivity index (χ0) is 14.0. The van der Waals surface area contributed by atoms with Crippen molar-refractivity contribution in [2.24, 2.45) is 17.8 Å². The van der Waals surface area contributed by atoms with Crippen LogP contribution in [0.15, 0.2) is 0 Å². The Morgan fingerprint density at radius 3 is 2.42 bits per heavy atom. The van der Waals surface area contributed by atoms with E-state index in [-0.39, 0.29) is 24.0 Å². The first kappa shape index (κ1) is 14.3. The molecule has 5 nitrogen and oxygen atoms in total. The molecule has 0 radical (unpaired) electrons. The number of ether oxygens (including phenoxy) is 1. The lowest BCUT2D eigenvalue weighted by Crippen LogP contribution is -2.50. The van der Waals surface area contributed by atoms with Crippen LogP contribution < -0.4 is 5.32 Å². The van der Waals surface area contributed by atoms with Crippen LogP contribution in [-0.2, 0) is 14.3 Å². The molecule has 0 aromatic rings. The first-order chi connectivity index (χ1) is 9.01. The van der Waals surface area contributed by atoms with Crippen LogP contribution in [0.4, 0.5) is 0 Å². The number of hydrogen-bond donors (Lipinski definition) is 2. The fourth-order valence-electron chi connectivity index (χ4n) is 3.22. The van der Waals surface area contributed by atoms with Gasteiger partial charge in [0.2, 0.25) is 5.91 Å². The molecule has 0 bridgehead atoms. The van der Waals surface area contributed by atoms with Crippen molar-refractivity contribution in [3.63, 3.8) is 0 Å². The summed E-state index contributed by atoms with van der Waals surface area (Å²) in [4.78, 5) is 23.3. The Kier molecular flexibility index (Phi) is 4.45. The molecule has 0 aromatic carbocycles. The highest BCUT2D eigenvalue weighted by Gasteiger charge is 2.42. The van der Waals surface area contributed by atoms with Gasteiger partial charge in [-0.05, 0) is 38.5 Å². The SMILES string of the molecule is CCOC1CC(NC(=O)[C@H]2CC(C)C[C@H]2C(=O)O)C1. The quantitative estimate of drug-likeness (QED) is 0.791. The number of carbonyl (C=O) groups is 2. The number of aliphatic carboxylic acids is 1. The summed E-state index contributed by atoms with van der Waals surface area (Å²) in [6.07, 6.45) is 3.25. The lowest BCUT2D eigenvalue weighted by atomic mass is 9.87. The van der Waals surface area contributed by atoms with E-state index >= 15 is 0 Å². The standard InChI is InChI=1S/C14H23NO4/c1-3-19-10-6-9(7-10)15-13(16)11-4-8(2)5-12(11)14(17)18/h8-12H,3-7H2,1-2H3,(H,15,16)(H,17,18)/t8?,9?,10?,11-,12+/m0/s1. The summed E-state index contributed by atoms with van der Waals surface area (Å²) < 4.78 is 5.45. The van der Waals surface area contributed by atoms with E-state index in [9.17, 15) is 9.59 Å². The van der Waals surface area contributed by atoms with Gasteiger partial charge in [-0.15, -0.1) is 0 Å². The third-order valence-corrected chi connectivity index (χ3v) is 4.30. The molecule has 1 amide bonds. The van der Waals surface area contributed by atoms with Gasteiger partial charge in [0, 0.05) is 12.6 Å². The Hall–Kier alpha value is -1.10. The summed E-state index contributed by atoms with van der Waals surface area (Å²) in [6, 6.07) is 0.161. The maximum Gasteiger partial charge on any atom is 0.307 e. The highest BCUT2D eigenvalue weighted by Crippen LogP contribution is 2.37. The number of rotatable bonds is 5. The summed E-state index contributed by atoms with van der Waals surface area (Å²) in [5.74, 6) is -1.49. The number of carboxylic acid groups (broad SMARTS) is 1. The van der Waals surface area contributed by atoms with Crippen molar-refractivity contribution in [3.8, 4) is 0 Å². The molecule has 2 aliphatic rings. The first-order valence-electron chi connectivity index (χ1n) is 7.16. The number of hydrogen-bond acceptors (Lipinski definition) is 3. The second-order valence-corrected chi connectivity index (χ2v) is 5.88. The molecular weight excluding hydrogens is 246 g/mol. The molecular formula is C14H23NO4. The van der Waals surface area contributed by atoms with Gasteiger partial charge in [-0.25, -0.2) is 0 Å². The topological polar surface area (TPSA) is 75.6 Å². The number of carbonyl (C=O) groups excluding carboxylic acids is 1. The second kappa shape index (κ2) is 5.90. The maximum atomic E-state index is 12.2. The Morgan fingerprint density at radius 1 is 1.21 bits per heavy atom. The third kappa shape index (κ3) is 3.26. The van der Waals surface area contributed by atoms with Crippen molar-refractivity contribution in [3.05, 3.63) is 0 Å². The average Bonchev–Trinajstić information content (AvgIpc) is 2.68. The van der Waals surface area contributed by atoms with Crippen molar-refractivity contribution >= 4 is 11.9 Å². The van der Waals surface area contributed by atoms with E-state index in [0.29, 0.717) is 25.4 Å². The van der Waals surface area contributed by atoms with E-state index in [0.717, 1.165) is 12.8 Å². The average molecular weight is 269 g/mol. The fraction of sp³-hybridized carbons (Fsp3) is 0.857. The summed E-state index contributed by atoms with van der Waals surface area (Å²) in [6.45, 7) is 4.67. The molecule has 2 saturated carbocycles. The number of carboxylic acids is 1. The van der Waals surface area contributed by atoms with Crippen molar-refractivity contribution < 1.29 is 19.4 Å². The van der Waals surface area contributed by atoms with Gasteiger partial charge in [-0.3, -0.25) is 9.59 Å². The molecule has 0 saturated heterocycles. The van der Waals surface area contributed by atoms with E-state index in [2.05, 4.69) is 5.32 Å². The Labute approximate surface area is 113 Å². The summed E-state index contributed by atoms with van der Waals surface area (Å²) in [5.41, 5.74) is 0. The zero-order valence-electron chi connectivity index (χ0n) is 11.6. The van der Waals surface area contributed by atoms with Gasteiger partial charge in [0.15, 0.2) is 0 Å². The summed E-state index contributed by atoms with van der Waals surface area (Å²) in [5, 5.41) is 12.1. The normalized spacial score (nSPS) is 37.7. The van der Waals surface area contributed by atoms with Crippen LogP contribution in [-0.4, -0.2) is 35.7 Å². The van der Waals surface area contributed by atoms with Crippen LogP contribution in [0.2, 0.25) is 0 Å². The Bertz CT molecular complexity index is 351. The number of amides is 1. The molecule has 2 aliphatic carbocycles. The molecule has 2 fully saturated rings. The van der Waals surface area contributed by atoms with Crippen molar-refractivity contribution in [2.45, 2.75) is 51.7 Å². The van der Waals surface area contributed by atoms with Crippen LogP contribution in [0.25, 0.3) is 0 Å². The summed E-state index contributed by atoms with van der Waals surface area (Å²) in [7, 11) is 0. The van der Waals surface area contributed by atoms with E-state index in [4.69, 9.17) is 9.84 Å². The maximum absolute atomic E-state index is 12.2. The molecule has 0 spiro atoms. The van der Waals surface area contributed by atoms with E-state index in [1.165, 1.54) is 0 Å². The van der Waals surface area contributed by atoms with Crippen LogP contribution in [0.1, 0.15) is 39.5 Å². The van der Waals surface area contributed by atoms with Gasteiger partial charge in [-0.1, -0.05) is 6.92 Å².